The van der Waals surface area contributed by atoms with E-state index in [0.717, 1.165) is 16.9 Å². The van der Waals surface area contributed by atoms with E-state index in [1.165, 1.54) is 4.90 Å². The van der Waals surface area contributed by atoms with Gasteiger partial charge >= 0.3 is 0 Å². The number of rotatable bonds is 11. The molecule has 8 heteroatoms. The molecule has 0 radical (unpaired) electrons. The van der Waals surface area contributed by atoms with Crippen molar-refractivity contribution in [2.75, 3.05) is 38.7 Å². The van der Waals surface area contributed by atoms with E-state index in [0.29, 0.717) is 31.1 Å². The predicted molar refractivity (Wildman–Crippen MR) is 141 cm³/mol. The van der Waals surface area contributed by atoms with Gasteiger partial charge in [0.05, 0.1) is 11.4 Å². The Bertz CT molecular complexity index is 1130. The number of nitrogens with one attached hydrogen (secondary N) is 1. The number of hydrogen-bond donors (Lipinski definition) is 1. The Morgan fingerprint density at radius 2 is 1.75 bits per heavy atom. The molecule has 3 rings (SSSR count). The van der Waals surface area contributed by atoms with Gasteiger partial charge in [0.15, 0.2) is 6.61 Å². The number of methoxy groups -OCH3 is 1. The van der Waals surface area contributed by atoms with Crippen LogP contribution in [0.4, 0.5) is 5.82 Å². The van der Waals surface area contributed by atoms with Gasteiger partial charge < -0.3 is 19.7 Å². The van der Waals surface area contributed by atoms with Crippen LogP contribution in [-0.4, -0.2) is 59.9 Å². The number of para-hydroxylation sites is 1. The SMILES string of the molecule is COCCCN(CC(=O)Nc1cc(C(C)(C)C)nn1-c1ccc(C)cc1)C(=O)COc1ccccc1. The summed E-state index contributed by atoms with van der Waals surface area (Å²) < 4.78 is 12.5. The molecule has 192 valence electrons. The summed E-state index contributed by atoms with van der Waals surface area (Å²) >= 11 is 0. The zero-order valence-corrected chi connectivity index (χ0v) is 21.8. The van der Waals surface area contributed by atoms with Crippen LogP contribution < -0.4 is 10.1 Å². The van der Waals surface area contributed by atoms with Crippen LogP contribution in [0.5, 0.6) is 5.75 Å². The van der Waals surface area contributed by atoms with Gasteiger partial charge in [-0.15, -0.1) is 0 Å². The number of anilines is 1. The summed E-state index contributed by atoms with van der Waals surface area (Å²) in [5, 5.41) is 7.72. The van der Waals surface area contributed by atoms with Crippen molar-refractivity contribution in [2.24, 2.45) is 0 Å². The maximum Gasteiger partial charge on any atom is 0.260 e. The van der Waals surface area contributed by atoms with Gasteiger partial charge in [-0.2, -0.15) is 5.10 Å². The van der Waals surface area contributed by atoms with Crippen molar-refractivity contribution >= 4 is 17.6 Å². The third-order valence-corrected chi connectivity index (χ3v) is 5.59. The maximum atomic E-state index is 13.1. The fraction of sp³-hybridized carbons (Fsp3) is 0.393. The first-order valence-corrected chi connectivity index (χ1v) is 12.1. The molecule has 8 nitrogen and oxygen atoms in total. The summed E-state index contributed by atoms with van der Waals surface area (Å²) in [5.41, 5.74) is 2.63. The molecule has 1 N–H and O–H groups in total. The number of nitrogens with zero attached hydrogens (tertiary/aromatic N) is 3. The lowest BCUT2D eigenvalue weighted by Crippen LogP contribution is -2.41. The van der Waals surface area contributed by atoms with E-state index in [1.807, 2.05) is 55.5 Å². The summed E-state index contributed by atoms with van der Waals surface area (Å²) in [6.07, 6.45) is 0.607. The second-order valence-electron chi connectivity index (χ2n) is 9.72. The Morgan fingerprint density at radius 1 is 1.06 bits per heavy atom. The van der Waals surface area contributed by atoms with Gasteiger partial charge in [0.1, 0.15) is 18.1 Å². The zero-order chi connectivity index (χ0) is 26.1. The van der Waals surface area contributed by atoms with Crippen LogP contribution in [0.3, 0.4) is 0 Å². The normalized spacial score (nSPS) is 11.2. The van der Waals surface area contributed by atoms with E-state index < -0.39 is 0 Å². The van der Waals surface area contributed by atoms with Crippen LogP contribution in [0.2, 0.25) is 0 Å². The zero-order valence-electron chi connectivity index (χ0n) is 21.8. The molecule has 0 unspecified atom stereocenters. The molecule has 0 fully saturated rings. The molecule has 1 heterocycles. The molecule has 0 saturated heterocycles. The third-order valence-electron chi connectivity index (χ3n) is 5.59. The number of amides is 2. The van der Waals surface area contributed by atoms with E-state index in [9.17, 15) is 9.59 Å². The van der Waals surface area contributed by atoms with Crippen molar-refractivity contribution < 1.29 is 19.1 Å². The molecule has 3 aromatic rings. The molecular formula is C28H36N4O4. The number of aryl methyl sites for hydroxylation is 1. The van der Waals surface area contributed by atoms with Crippen LogP contribution in [-0.2, 0) is 19.7 Å². The van der Waals surface area contributed by atoms with Gasteiger partial charge in [-0.3, -0.25) is 9.59 Å². The van der Waals surface area contributed by atoms with E-state index in [4.69, 9.17) is 14.6 Å². The second kappa shape index (κ2) is 12.4. The van der Waals surface area contributed by atoms with E-state index in [2.05, 4.69) is 26.1 Å². The molecule has 0 atom stereocenters. The molecule has 0 aliphatic rings. The van der Waals surface area contributed by atoms with Gasteiger partial charge in [0, 0.05) is 31.7 Å². The highest BCUT2D eigenvalue weighted by Gasteiger charge is 2.23. The minimum atomic E-state index is -0.311. The monoisotopic (exact) mass is 492 g/mol. The van der Waals surface area contributed by atoms with Gasteiger partial charge in [-0.25, -0.2) is 4.68 Å². The predicted octanol–water partition coefficient (Wildman–Crippen LogP) is 4.36. The van der Waals surface area contributed by atoms with Gasteiger partial charge in [-0.1, -0.05) is 56.7 Å². The van der Waals surface area contributed by atoms with Gasteiger partial charge in [-0.05, 0) is 37.6 Å². The fourth-order valence-electron chi connectivity index (χ4n) is 3.52. The molecule has 0 aliphatic carbocycles. The van der Waals surface area contributed by atoms with Gasteiger partial charge in [0.2, 0.25) is 5.91 Å². The molecule has 1 aromatic heterocycles. The largest absolute Gasteiger partial charge is 0.484 e. The Balaban J connectivity index is 1.75. The third kappa shape index (κ3) is 7.68. The van der Waals surface area contributed by atoms with Crippen LogP contribution in [0.25, 0.3) is 5.69 Å². The lowest BCUT2D eigenvalue weighted by molar-refractivity contribution is -0.136. The molecule has 0 aliphatic heterocycles. The van der Waals surface area contributed by atoms with Crippen LogP contribution in [0.15, 0.2) is 60.7 Å². The van der Waals surface area contributed by atoms with Crippen LogP contribution >= 0.6 is 0 Å². The number of carbonyl (C=O) groups excluding carboxylic acids is 2. The summed E-state index contributed by atoms with van der Waals surface area (Å²) in [7, 11) is 1.61. The first-order valence-electron chi connectivity index (χ1n) is 12.1. The van der Waals surface area contributed by atoms with E-state index >= 15 is 0 Å². The number of carbonyl (C=O) groups is 2. The number of ether oxygens (including phenoxy) is 2. The lowest BCUT2D eigenvalue weighted by atomic mass is 9.92. The van der Waals surface area contributed by atoms with Crippen molar-refractivity contribution in [1.82, 2.24) is 14.7 Å². The molecule has 0 bridgehead atoms. The highest BCUT2D eigenvalue weighted by atomic mass is 16.5. The number of aromatic nitrogens is 2. The second-order valence-corrected chi connectivity index (χ2v) is 9.72. The highest BCUT2D eigenvalue weighted by molar-refractivity contribution is 5.94. The van der Waals surface area contributed by atoms with Crippen molar-refractivity contribution in [3.05, 3.63) is 71.9 Å². The minimum absolute atomic E-state index is 0.107. The standard InChI is InChI=1S/C28H36N4O4/c1-21-12-14-22(15-13-21)32-25(18-24(30-32)28(2,3)4)29-26(33)19-31(16-9-17-35-5)27(34)20-36-23-10-7-6-8-11-23/h6-8,10-15,18H,9,16-17,19-20H2,1-5H3,(H,29,33). The fourth-order valence-corrected chi connectivity index (χ4v) is 3.52. The smallest absolute Gasteiger partial charge is 0.260 e. The summed E-state index contributed by atoms with van der Waals surface area (Å²) in [6, 6.07) is 18.9. The molecule has 2 aromatic carbocycles. The van der Waals surface area contributed by atoms with E-state index in [-0.39, 0.29) is 30.4 Å². The van der Waals surface area contributed by atoms with Crippen molar-refractivity contribution in [3.63, 3.8) is 0 Å². The number of benzene rings is 2. The molecule has 36 heavy (non-hydrogen) atoms. The maximum absolute atomic E-state index is 13.1. The molecule has 0 saturated carbocycles. The molecular weight excluding hydrogens is 456 g/mol. The van der Waals surface area contributed by atoms with Crippen LogP contribution in [0, 0.1) is 6.92 Å². The summed E-state index contributed by atoms with van der Waals surface area (Å²) in [6.45, 7) is 8.84. The first-order chi connectivity index (χ1) is 17.2. The van der Waals surface area contributed by atoms with E-state index in [1.54, 1.807) is 23.9 Å². The lowest BCUT2D eigenvalue weighted by Gasteiger charge is -2.22. The quantitative estimate of drug-likeness (QED) is 0.402. The average Bonchev–Trinajstić information content (AvgIpc) is 3.27. The highest BCUT2D eigenvalue weighted by Crippen LogP contribution is 2.26. The van der Waals surface area contributed by atoms with Gasteiger partial charge in [0.25, 0.3) is 5.91 Å². The molecule has 2 amide bonds. The molecule has 0 spiro atoms. The van der Waals surface area contributed by atoms with Crippen LogP contribution in [0.1, 0.15) is 38.4 Å². The Hall–Kier alpha value is -3.65. The van der Waals surface area contributed by atoms with Crippen molar-refractivity contribution in [1.29, 1.82) is 0 Å². The van der Waals surface area contributed by atoms with Crippen molar-refractivity contribution in [3.8, 4) is 11.4 Å². The first kappa shape index (κ1) is 26.9. The Kier molecular flexibility index (Phi) is 9.25. The minimum Gasteiger partial charge on any atom is -0.484 e. The topological polar surface area (TPSA) is 85.7 Å². The Labute approximate surface area is 213 Å². The Morgan fingerprint density at radius 3 is 2.39 bits per heavy atom. The summed E-state index contributed by atoms with van der Waals surface area (Å²) in [5.74, 6) is 0.573. The average molecular weight is 493 g/mol. The summed E-state index contributed by atoms with van der Waals surface area (Å²) in [4.78, 5) is 27.5. The van der Waals surface area contributed by atoms with Crippen molar-refractivity contribution in [2.45, 2.75) is 39.5 Å². The number of hydrogen-bond acceptors (Lipinski definition) is 5.